The SMILES string of the molecule is CN1C(=O)[C@](CCC2CCCCC2)(C[C@H]2CCCNC2)NC1=S. The lowest BCUT2D eigenvalue weighted by Gasteiger charge is -2.34. The van der Waals surface area contributed by atoms with Crippen LogP contribution in [0.2, 0.25) is 0 Å². The molecular weight excluding hydrogens is 306 g/mol. The highest BCUT2D eigenvalue weighted by Crippen LogP contribution is 2.35. The first kappa shape index (κ1) is 17.2. The fraction of sp³-hybridized carbons (Fsp3) is 0.889. The van der Waals surface area contributed by atoms with Gasteiger partial charge in [-0.25, -0.2) is 0 Å². The molecule has 3 fully saturated rings. The molecule has 0 unspecified atom stereocenters. The lowest BCUT2D eigenvalue weighted by molar-refractivity contribution is -0.131. The van der Waals surface area contributed by atoms with E-state index in [9.17, 15) is 4.79 Å². The molecule has 0 aromatic carbocycles. The van der Waals surface area contributed by atoms with Gasteiger partial charge in [-0.1, -0.05) is 32.1 Å². The van der Waals surface area contributed by atoms with Gasteiger partial charge in [0.1, 0.15) is 5.54 Å². The Morgan fingerprint density at radius 1 is 1.17 bits per heavy atom. The third kappa shape index (κ3) is 3.87. The quantitative estimate of drug-likeness (QED) is 0.757. The van der Waals surface area contributed by atoms with Crippen molar-refractivity contribution in [3.8, 4) is 0 Å². The highest BCUT2D eigenvalue weighted by molar-refractivity contribution is 7.80. The van der Waals surface area contributed by atoms with Gasteiger partial charge in [0.05, 0.1) is 0 Å². The van der Waals surface area contributed by atoms with Crippen molar-refractivity contribution in [2.45, 2.75) is 69.7 Å². The minimum Gasteiger partial charge on any atom is -0.348 e. The van der Waals surface area contributed by atoms with Crippen molar-refractivity contribution in [2.75, 3.05) is 20.1 Å². The maximum atomic E-state index is 12.9. The third-order valence-electron chi connectivity index (χ3n) is 6.11. The van der Waals surface area contributed by atoms with E-state index in [4.69, 9.17) is 12.2 Å². The summed E-state index contributed by atoms with van der Waals surface area (Å²) in [6.07, 6.45) is 12.3. The number of rotatable bonds is 5. The van der Waals surface area contributed by atoms with E-state index >= 15 is 0 Å². The molecule has 0 spiro atoms. The molecule has 23 heavy (non-hydrogen) atoms. The van der Waals surface area contributed by atoms with Crippen molar-refractivity contribution in [2.24, 2.45) is 11.8 Å². The van der Waals surface area contributed by atoms with Crippen molar-refractivity contribution in [3.05, 3.63) is 0 Å². The molecular formula is C18H31N3OS. The van der Waals surface area contributed by atoms with Gasteiger partial charge in [-0.15, -0.1) is 0 Å². The molecule has 4 nitrogen and oxygen atoms in total. The summed E-state index contributed by atoms with van der Waals surface area (Å²) in [5.74, 6) is 1.59. The van der Waals surface area contributed by atoms with Crippen molar-refractivity contribution in [1.29, 1.82) is 0 Å². The minimum absolute atomic E-state index is 0.198. The smallest absolute Gasteiger partial charge is 0.254 e. The zero-order valence-electron chi connectivity index (χ0n) is 14.4. The average molecular weight is 338 g/mol. The molecule has 0 bridgehead atoms. The lowest BCUT2D eigenvalue weighted by atomic mass is 9.77. The molecule has 1 amide bonds. The number of nitrogens with one attached hydrogen (secondary N) is 2. The summed E-state index contributed by atoms with van der Waals surface area (Å²) in [6, 6.07) is 0. The number of piperidine rings is 1. The second kappa shape index (κ2) is 7.47. The summed E-state index contributed by atoms with van der Waals surface area (Å²) >= 11 is 5.38. The number of thiocarbonyl (C=S) groups is 1. The number of hydrogen-bond acceptors (Lipinski definition) is 3. The fourth-order valence-electron chi connectivity index (χ4n) is 4.68. The predicted molar refractivity (Wildman–Crippen MR) is 97.3 cm³/mol. The molecule has 1 aliphatic carbocycles. The molecule has 1 saturated carbocycles. The minimum atomic E-state index is -0.438. The number of carbonyl (C=O) groups excluding carboxylic acids is 1. The molecule has 2 saturated heterocycles. The van der Waals surface area contributed by atoms with Crippen molar-refractivity contribution in [3.63, 3.8) is 0 Å². The van der Waals surface area contributed by atoms with Crippen molar-refractivity contribution >= 4 is 23.2 Å². The van der Waals surface area contributed by atoms with Gasteiger partial charge < -0.3 is 10.6 Å². The van der Waals surface area contributed by atoms with E-state index in [1.54, 1.807) is 4.90 Å². The maximum absolute atomic E-state index is 12.9. The molecule has 3 rings (SSSR count). The Morgan fingerprint density at radius 2 is 1.91 bits per heavy atom. The van der Waals surface area contributed by atoms with Crippen molar-refractivity contribution < 1.29 is 4.79 Å². The Bertz CT molecular complexity index is 444. The van der Waals surface area contributed by atoms with Gasteiger partial charge in [0.25, 0.3) is 5.91 Å². The summed E-state index contributed by atoms with van der Waals surface area (Å²) in [6.45, 7) is 2.15. The number of nitrogens with zero attached hydrogens (tertiary/aromatic N) is 1. The van der Waals surface area contributed by atoms with Gasteiger partial charge in [0.15, 0.2) is 5.11 Å². The van der Waals surface area contributed by atoms with Crippen molar-refractivity contribution in [1.82, 2.24) is 15.5 Å². The first-order valence-corrected chi connectivity index (χ1v) is 9.82. The number of carbonyl (C=O) groups is 1. The van der Waals surface area contributed by atoms with Crippen LogP contribution in [0.25, 0.3) is 0 Å². The summed E-state index contributed by atoms with van der Waals surface area (Å²) in [7, 11) is 1.82. The molecule has 0 radical (unpaired) electrons. The molecule has 2 heterocycles. The molecule has 2 aliphatic heterocycles. The maximum Gasteiger partial charge on any atom is 0.254 e. The van der Waals surface area contributed by atoms with Gasteiger partial charge in [-0.3, -0.25) is 9.69 Å². The van der Waals surface area contributed by atoms with Crippen LogP contribution in [-0.4, -0.2) is 41.6 Å². The predicted octanol–water partition coefficient (Wildman–Crippen LogP) is 2.82. The van der Waals surface area contributed by atoms with E-state index in [0.717, 1.165) is 38.3 Å². The summed E-state index contributed by atoms with van der Waals surface area (Å²) in [4.78, 5) is 14.6. The summed E-state index contributed by atoms with van der Waals surface area (Å²) in [5.41, 5.74) is -0.438. The number of likely N-dealkylation sites (N-methyl/N-ethyl adjacent to an activating group) is 1. The van der Waals surface area contributed by atoms with Gasteiger partial charge in [-0.2, -0.15) is 0 Å². The normalized spacial score (nSPS) is 33.1. The standard InChI is InChI=1S/C18H31N3OS/c1-21-16(22)18(20-17(21)23,12-15-8-5-11-19-13-15)10-9-14-6-3-2-4-7-14/h14-15,19H,2-13H2,1H3,(H,20,23)/t15-,18+/m1/s1. The van der Waals surface area contributed by atoms with Gasteiger partial charge >= 0.3 is 0 Å². The van der Waals surface area contributed by atoms with Gasteiger partial charge in [-0.05, 0) is 69.2 Å². The lowest BCUT2D eigenvalue weighted by Crippen LogP contribution is -2.50. The van der Waals surface area contributed by atoms with E-state index in [-0.39, 0.29) is 5.91 Å². The van der Waals surface area contributed by atoms with E-state index in [0.29, 0.717) is 11.0 Å². The highest BCUT2D eigenvalue weighted by atomic mass is 32.1. The fourth-order valence-corrected chi connectivity index (χ4v) is 4.96. The first-order valence-electron chi connectivity index (χ1n) is 9.42. The Hall–Kier alpha value is -0.680. The van der Waals surface area contributed by atoms with Crippen LogP contribution in [0.1, 0.15) is 64.2 Å². The van der Waals surface area contributed by atoms with Crippen LogP contribution in [0.3, 0.4) is 0 Å². The zero-order valence-corrected chi connectivity index (χ0v) is 15.2. The Kier molecular flexibility index (Phi) is 5.57. The first-order chi connectivity index (χ1) is 11.1. The molecule has 5 heteroatoms. The number of hydrogen-bond donors (Lipinski definition) is 2. The molecule has 3 aliphatic rings. The highest BCUT2D eigenvalue weighted by Gasteiger charge is 2.48. The monoisotopic (exact) mass is 337 g/mol. The second-order valence-corrected chi connectivity index (χ2v) is 8.22. The Balaban J connectivity index is 1.67. The molecule has 0 aromatic heterocycles. The summed E-state index contributed by atoms with van der Waals surface area (Å²) in [5, 5.41) is 7.53. The third-order valence-corrected chi connectivity index (χ3v) is 6.48. The van der Waals surface area contributed by atoms with Crippen LogP contribution in [0.15, 0.2) is 0 Å². The number of amides is 1. The van der Waals surface area contributed by atoms with Crippen LogP contribution < -0.4 is 10.6 Å². The van der Waals surface area contributed by atoms with Crippen LogP contribution in [0, 0.1) is 11.8 Å². The molecule has 0 aromatic rings. The zero-order chi connectivity index (χ0) is 16.3. The van der Waals surface area contributed by atoms with E-state index in [1.165, 1.54) is 44.9 Å². The molecule has 2 atom stereocenters. The average Bonchev–Trinajstić information content (AvgIpc) is 2.79. The Morgan fingerprint density at radius 3 is 2.52 bits per heavy atom. The van der Waals surface area contributed by atoms with Crippen LogP contribution in [-0.2, 0) is 4.79 Å². The largest absolute Gasteiger partial charge is 0.348 e. The molecule has 2 N–H and O–H groups in total. The Labute approximate surface area is 145 Å². The topological polar surface area (TPSA) is 44.4 Å². The summed E-state index contributed by atoms with van der Waals surface area (Å²) < 4.78 is 0. The van der Waals surface area contributed by atoms with Crippen LogP contribution in [0.4, 0.5) is 0 Å². The van der Waals surface area contributed by atoms with Gasteiger partial charge in [0, 0.05) is 7.05 Å². The molecule has 130 valence electrons. The van der Waals surface area contributed by atoms with E-state index in [2.05, 4.69) is 10.6 Å². The van der Waals surface area contributed by atoms with Crippen LogP contribution >= 0.6 is 12.2 Å². The van der Waals surface area contributed by atoms with E-state index in [1.807, 2.05) is 7.05 Å². The van der Waals surface area contributed by atoms with Crippen LogP contribution in [0.5, 0.6) is 0 Å². The second-order valence-electron chi connectivity index (χ2n) is 7.84. The van der Waals surface area contributed by atoms with E-state index < -0.39 is 5.54 Å². The van der Waals surface area contributed by atoms with Gasteiger partial charge in [0.2, 0.25) is 0 Å².